The molecule has 0 aromatic heterocycles. The first-order valence-electron chi connectivity index (χ1n) is 5.57. The molecule has 0 aliphatic rings. The van der Waals surface area contributed by atoms with Gasteiger partial charge in [-0.25, -0.2) is 4.79 Å². The lowest BCUT2D eigenvalue weighted by atomic mass is 10.0. The number of aromatic carboxylic acids is 1. The minimum Gasteiger partial charge on any atom is -0.497 e. The molecule has 0 unspecified atom stereocenters. The standard InChI is InChI=1S/C14H14O5/c1-17-10-5-8-4-9(14(15)16)6-11(18-2)13(8)12(7-10)19-3/h4-7H,1-3H3,(H,15,16). The fourth-order valence-corrected chi connectivity index (χ4v) is 1.97. The smallest absolute Gasteiger partial charge is 0.335 e. The maximum atomic E-state index is 11.1. The van der Waals surface area contributed by atoms with Crippen molar-refractivity contribution in [3.05, 3.63) is 29.8 Å². The second-order valence-electron chi connectivity index (χ2n) is 3.91. The molecule has 2 rings (SSSR count). The molecule has 0 saturated heterocycles. The van der Waals surface area contributed by atoms with Gasteiger partial charge in [-0.15, -0.1) is 0 Å². The quantitative estimate of drug-likeness (QED) is 0.917. The van der Waals surface area contributed by atoms with Crippen LogP contribution in [0.25, 0.3) is 10.8 Å². The molecule has 100 valence electrons. The van der Waals surface area contributed by atoms with Crippen molar-refractivity contribution in [2.75, 3.05) is 21.3 Å². The van der Waals surface area contributed by atoms with E-state index in [2.05, 4.69) is 0 Å². The second-order valence-corrected chi connectivity index (χ2v) is 3.91. The summed E-state index contributed by atoms with van der Waals surface area (Å²) in [6, 6.07) is 6.50. The topological polar surface area (TPSA) is 65.0 Å². The largest absolute Gasteiger partial charge is 0.497 e. The van der Waals surface area contributed by atoms with E-state index in [1.54, 1.807) is 32.4 Å². The fourth-order valence-electron chi connectivity index (χ4n) is 1.97. The first-order valence-corrected chi connectivity index (χ1v) is 5.57. The summed E-state index contributed by atoms with van der Waals surface area (Å²) in [6.45, 7) is 0. The van der Waals surface area contributed by atoms with E-state index in [9.17, 15) is 4.79 Å². The molecule has 2 aromatic carbocycles. The molecule has 0 fully saturated rings. The van der Waals surface area contributed by atoms with Crippen LogP contribution >= 0.6 is 0 Å². The molecule has 5 nitrogen and oxygen atoms in total. The molecule has 2 aromatic rings. The maximum Gasteiger partial charge on any atom is 0.335 e. The highest BCUT2D eigenvalue weighted by Gasteiger charge is 2.14. The minimum absolute atomic E-state index is 0.152. The van der Waals surface area contributed by atoms with Crippen molar-refractivity contribution in [2.45, 2.75) is 0 Å². The molecule has 0 bridgehead atoms. The molecule has 0 radical (unpaired) electrons. The van der Waals surface area contributed by atoms with Gasteiger partial charge in [0.25, 0.3) is 0 Å². The Balaban J connectivity index is 2.84. The van der Waals surface area contributed by atoms with Gasteiger partial charge in [0.05, 0.1) is 32.3 Å². The number of carboxylic acids is 1. The zero-order valence-electron chi connectivity index (χ0n) is 10.9. The zero-order chi connectivity index (χ0) is 14.0. The van der Waals surface area contributed by atoms with Gasteiger partial charge in [0, 0.05) is 6.07 Å². The molecule has 19 heavy (non-hydrogen) atoms. The van der Waals surface area contributed by atoms with Crippen LogP contribution in [-0.2, 0) is 0 Å². The Morgan fingerprint density at radius 3 is 2.11 bits per heavy atom. The molecule has 1 N–H and O–H groups in total. The summed E-state index contributed by atoms with van der Waals surface area (Å²) < 4.78 is 15.7. The number of fused-ring (bicyclic) bond motifs is 1. The van der Waals surface area contributed by atoms with Gasteiger partial charge in [-0.05, 0) is 23.6 Å². The van der Waals surface area contributed by atoms with Gasteiger partial charge in [-0.3, -0.25) is 0 Å². The van der Waals surface area contributed by atoms with Crippen LogP contribution < -0.4 is 14.2 Å². The summed E-state index contributed by atoms with van der Waals surface area (Å²) in [5.41, 5.74) is 0.152. The van der Waals surface area contributed by atoms with E-state index >= 15 is 0 Å². The average molecular weight is 262 g/mol. The Kier molecular flexibility index (Phi) is 3.46. The summed E-state index contributed by atoms with van der Waals surface area (Å²) in [5.74, 6) is 0.605. The molecule has 0 spiro atoms. The van der Waals surface area contributed by atoms with Crippen LogP contribution in [0.5, 0.6) is 17.2 Å². The molecule has 0 atom stereocenters. The van der Waals surface area contributed by atoms with Crippen molar-refractivity contribution in [3.63, 3.8) is 0 Å². The van der Waals surface area contributed by atoms with Gasteiger partial charge in [0.1, 0.15) is 17.2 Å². The Bertz CT molecular complexity index is 633. The Morgan fingerprint density at radius 1 is 0.947 bits per heavy atom. The summed E-state index contributed by atoms with van der Waals surface area (Å²) in [7, 11) is 4.57. The third-order valence-electron chi connectivity index (χ3n) is 2.87. The predicted octanol–water partition coefficient (Wildman–Crippen LogP) is 2.56. The summed E-state index contributed by atoms with van der Waals surface area (Å²) >= 11 is 0. The molecule has 0 saturated carbocycles. The second kappa shape index (κ2) is 5.06. The lowest BCUT2D eigenvalue weighted by Gasteiger charge is -2.13. The number of ether oxygens (including phenoxy) is 3. The molecular formula is C14H14O5. The predicted molar refractivity (Wildman–Crippen MR) is 70.6 cm³/mol. The van der Waals surface area contributed by atoms with Crippen LogP contribution in [0.2, 0.25) is 0 Å². The van der Waals surface area contributed by atoms with E-state index in [4.69, 9.17) is 19.3 Å². The van der Waals surface area contributed by atoms with Crippen LogP contribution in [-0.4, -0.2) is 32.4 Å². The van der Waals surface area contributed by atoms with Gasteiger partial charge in [-0.2, -0.15) is 0 Å². The van der Waals surface area contributed by atoms with E-state index in [1.165, 1.54) is 13.2 Å². The van der Waals surface area contributed by atoms with Crippen molar-refractivity contribution in [3.8, 4) is 17.2 Å². The van der Waals surface area contributed by atoms with Gasteiger partial charge in [0.15, 0.2) is 0 Å². The van der Waals surface area contributed by atoms with E-state index in [0.29, 0.717) is 22.6 Å². The third-order valence-corrected chi connectivity index (χ3v) is 2.87. The summed E-state index contributed by atoms with van der Waals surface area (Å²) in [4.78, 5) is 11.1. The Labute approximate surface area is 110 Å². The van der Waals surface area contributed by atoms with Gasteiger partial charge in [-0.1, -0.05) is 0 Å². The first kappa shape index (κ1) is 13.0. The Hall–Kier alpha value is -2.43. The maximum absolute atomic E-state index is 11.1. The number of benzene rings is 2. The van der Waals surface area contributed by atoms with Crippen LogP contribution in [0, 0.1) is 0 Å². The average Bonchev–Trinajstić information content (AvgIpc) is 2.44. The normalized spacial score (nSPS) is 10.3. The molecule has 0 aliphatic heterocycles. The van der Waals surface area contributed by atoms with Crippen LogP contribution in [0.1, 0.15) is 10.4 Å². The fraction of sp³-hybridized carbons (Fsp3) is 0.214. The molecule has 5 heteroatoms. The van der Waals surface area contributed by atoms with Gasteiger partial charge < -0.3 is 19.3 Å². The van der Waals surface area contributed by atoms with Crippen LogP contribution in [0.4, 0.5) is 0 Å². The third kappa shape index (κ3) is 2.27. The number of methoxy groups -OCH3 is 3. The SMILES string of the molecule is COc1cc(OC)c2c(OC)cc(C(=O)O)cc2c1. The number of hydrogen-bond donors (Lipinski definition) is 1. The van der Waals surface area contributed by atoms with E-state index in [0.717, 1.165) is 5.39 Å². The number of carbonyl (C=O) groups is 1. The zero-order valence-corrected chi connectivity index (χ0v) is 10.9. The van der Waals surface area contributed by atoms with Gasteiger partial charge in [0.2, 0.25) is 0 Å². The molecular weight excluding hydrogens is 248 g/mol. The minimum atomic E-state index is -1.01. The molecule has 0 amide bonds. The van der Waals surface area contributed by atoms with E-state index in [-0.39, 0.29) is 5.56 Å². The van der Waals surface area contributed by atoms with Gasteiger partial charge >= 0.3 is 5.97 Å². The monoisotopic (exact) mass is 262 g/mol. The molecule has 0 aliphatic carbocycles. The first-order chi connectivity index (χ1) is 9.10. The summed E-state index contributed by atoms with van der Waals surface area (Å²) in [6.07, 6.45) is 0. The highest BCUT2D eigenvalue weighted by molar-refractivity contribution is 6.01. The molecule has 0 heterocycles. The van der Waals surface area contributed by atoms with Crippen molar-refractivity contribution >= 4 is 16.7 Å². The van der Waals surface area contributed by atoms with Crippen molar-refractivity contribution in [1.29, 1.82) is 0 Å². The highest BCUT2D eigenvalue weighted by atomic mass is 16.5. The van der Waals surface area contributed by atoms with Crippen LogP contribution in [0.15, 0.2) is 24.3 Å². The lowest BCUT2D eigenvalue weighted by Crippen LogP contribution is -1.99. The van der Waals surface area contributed by atoms with E-state index in [1.807, 2.05) is 0 Å². The van der Waals surface area contributed by atoms with Crippen molar-refractivity contribution < 1.29 is 24.1 Å². The number of rotatable bonds is 4. The lowest BCUT2D eigenvalue weighted by molar-refractivity contribution is 0.0696. The van der Waals surface area contributed by atoms with Crippen LogP contribution in [0.3, 0.4) is 0 Å². The summed E-state index contributed by atoms with van der Waals surface area (Å²) in [5, 5.41) is 10.5. The van der Waals surface area contributed by atoms with Crippen molar-refractivity contribution in [1.82, 2.24) is 0 Å². The number of carboxylic acid groups (broad SMARTS) is 1. The Morgan fingerprint density at radius 2 is 1.58 bits per heavy atom. The number of hydrogen-bond acceptors (Lipinski definition) is 4. The highest BCUT2D eigenvalue weighted by Crippen LogP contribution is 2.38. The van der Waals surface area contributed by atoms with E-state index < -0.39 is 5.97 Å². The van der Waals surface area contributed by atoms with Crippen molar-refractivity contribution in [2.24, 2.45) is 0 Å².